The van der Waals surface area contributed by atoms with E-state index in [-0.39, 0.29) is 0 Å². The van der Waals surface area contributed by atoms with Gasteiger partial charge in [-0.25, -0.2) is 0 Å². The van der Waals surface area contributed by atoms with E-state index < -0.39 is 0 Å². The summed E-state index contributed by atoms with van der Waals surface area (Å²) in [5, 5.41) is 0. The molecular formula is C12H22N2O. The molecule has 2 aliphatic heterocycles. The van der Waals surface area contributed by atoms with E-state index in [0.29, 0.717) is 18.0 Å². The van der Waals surface area contributed by atoms with E-state index in [1.807, 2.05) is 0 Å². The van der Waals surface area contributed by atoms with Crippen LogP contribution in [0.15, 0.2) is 0 Å². The van der Waals surface area contributed by atoms with E-state index in [4.69, 9.17) is 0 Å². The van der Waals surface area contributed by atoms with Crippen molar-refractivity contribution in [3.8, 4) is 0 Å². The molecule has 0 radical (unpaired) electrons. The standard InChI is InChI=1S/C12H22N2O/c1-3-10(2)13-7-8-14-11(9-13)5-4-6-12(14)15/h10-11H,3-9H2,1-2H3. The van der Waals surface area contributed by atoms with Crippen LogP contribution in [-0.2, 0) is 4.79 Å². The zero-order valence-electron chi connectivity index (χ0n) is 9.91. The first-order chi connectivity index (χ1) is 7.22. The molecule has 2 saturated heterocycles. The first-order valence-corrected chi connectivity index (χ1v) is 6.26. The summed E-state index contributed by atoms with van der Waals surface area (Å²) >= 11 is 0. The van der Waals surface area contributed by atoms with Crippen LogP contribution in [0.5, 0.6) is 0 Å². The lowest BCUT2D eigenvalue weighted by molar-refractivity contribution is -0.140. The molecule has 2 atom stereocenters. The molecule has 3 heteroatoms. The molecule has 1 amide bonds. The Balaban J connectivity index is 1.96. The first-order valence-electron chi connectivity index (χ1n) is 6.26. The number of rotatable bonds is 2. The van der Waals surface area contributed by atoms with E-state index in [0.717, 1.165) is 32.5 Å². The molecule has 0 aromatic rings. The van der Waals surface area contributed by atoms with Crippen molar-refractivity contribution in [2.75, 3.05) is 19.6 Å². The number of amides is 1. The molecular weight excluding hydrogens is 188 g/mol. The molecule has 0 bridgehead atoms. The molecule has 2 heterocycles. The summed E-state index contributed by atoms with van der Waals surface area (Å²) in [7, 11) is 0. The topological polar surface area (TPSA) is 23.6 Å². The van der Waals surface area contributed by atoms with Gasteiger partial charge in [0, 0.05) is 38.1 Å². The van der Waals surface area contributed by atoms with Gasteiger partial charge >= 0.3 is 0 Å². The summed E-state index contributed by atoms with van der Waals surface area (Å²) < 4.78 is 0. The number of piperidine rings is 1. The lowest BCUT2D eigenvalue weighted by atomic mass is 9.98. The van der Waals surface area contributed by atoms with Crippen LogP contribution in [0.4, 0.5) is 0 Å². The van der Waals surface area contributed by atoms with E-state index in [1.165, 1.54) is 12.8 Å². The Kier molecular flexibility index (Phi) is 3.29. The van der Waals surface area contributed by atoms with Gasteiger partial charge in [0.25, 0.3) is 0 Å². The van der Waals surface area contributed by atoms with Crippen molar-refractivity contribution in [3.05, 3.63) is 0 Å². The molecule has 0 aromatic carbocycles. The monoisotopic (exact) mass is 210 g/mol. The number of piperazine rings is 1. The predicted octanol–water partition coefficient (Wildman–Crippen LogP) is 1.48. The van der Waals surface area contributed by atoms with Crippen molar-refractivity contribution in [1.82, 2.24) is 9.80 Å². The maximum absolute atomic E-state index is 11.7. The third kappa shape index (κ3) is 2.17. The summed E-state index contributed by atoms with van der Waals surface area (Å²) in [6, 6.07) is 1.18. The molecule has 0 saturated carbocycles. The van der Waals surface area contributed by atoms with Crippen LogP contribution in [0.25, 0.3) is 0 Å². The number of hydrogen-bond acceptors (Lipinski definition) is 2. The van der Waals surface area contributed by atoms with Gasteiger partial charge in [-0.1, -0.05) is 6.92 Å². The number of hydrogen-bond donors (Lipinski definition) is 0. The number of carbonyl (C=O) groups is 1. The summed E-state index contributed by atoms with van der Waals surface area (Å²) in [6.45, 7) is 7.65. The Morgan fingerprint density at radius 2 is 2.27 bits per heavy atom. The van der Waals surface area contributed by atoms with E-state index in [9.17, 15) is 4.79 Å². The van der Waals surface area contributed by atoms with Crippen LogP contribution in [0.3, 0.4) is 0 Å². The molecule has 0 N–H and O–H groups in total. The van der Waals surface area contributed by atoms with Gasteiger partial charge in [-0.05, 0) is 26.2 Å². The average molecular weight is 210 g/mol. The second kappa shape index (κ2) is 4.52. The smallest absolute Gasteiger partial charge is 0.222 e. The van der Waals surface area contributed by atoms with E-state index in [2.05, 4.69) is 23.6 Å². The lowest BCUT2D eigenvalue weighted by Gasteiger charge is -2.45. The molecule has 2 fully saturated rings. The summed E-state index contributed by atoms with van der Waals surface area (Å²) in [5.74, 6) is 0.384. The fraction of sp³-hybridized carbons (Fsp3) is 0.917. The highest BCUT2D eigenvalue weighted by atomic mass is 16.2. The molecule has 0 spiro atoms. The minimum absolute atomic E-state index is 0.384. The van der Waals surface area contributed by atoms with Crippen LogP contribution in [0.2, 0.25) is 0 Å². The largest absolute Gasteiger partial charge is 0.337 e. The summed E-state index contributed by atoms with van der Waals surface area (Å²) in [5.41, 5.74) is 0. The Labute approximate surface area is 92.4 Å². The lowest BCUT2D eigenvalue weighted by Crippen LogP contribution is -2.58. The minimum atomic E-state index is 0.384. The zero-order chi connectivity index (χ0) is 10.8. The average Bonchev–Trinajstić information content (AvgIpc) is 2.28. The van der Waals surface area contributed by atoms with Crippen molar-refractivity contribution < 1.29 is 4.79 Å². The Morgan fingerprint density at radius 3 is 3.00 bits per heavy atom. The van der Waals surface area contributed by atoms with Crippen molar-refractivity contribution in [1.29, 1.82) is 0 Å². The Hall–Kier alpha value is -0.570. The zero-order valence-corrected chi connectivity index (χ0v) is 9.91. The second-order valence-corrected chi connectivity index (χ2v) is 4.89. The van der Waals surface area contributed by atoms with Crippen LogP contribution in [0.1, 0.15) is 39.5 Å². The maximum atomic E-state index is 11.7. The molecule has 2 aliphatic rings. The Bertz CT molecular complexity index is 242. The maximum Gasteiger partial charge on any atom is 0.222 e. The van der Waals surface area contributed by atoms with Gasteiger partial charge in [0.15, 0.2) is 0 Å². The van der Waals surface area contributed by atoms with Gasteiger partial charge in [-0.15, -0.1) is 0 Å². The van der Waals surface area contributed by atoms with Crippen LogP contribution >= 0.6 is 0 Å². The molecule has 86 valence electrons. The summed E-state index contributed by atoms with van der Waals surface area (Å²) in [6.07, 6.45) is 4.29. The van der Waals surface area contributed by atoms with Crippen molar-refractivity contribution >= 4 is 5.91 Å². The third-order valence-electron chi connectivity index (χ3n) is 3.98. The van der Waals surface area contributed by atoms with Gasteiger partial charge in [-0.2, -0.15) is 0 Å². The van der Waals surface area contributed by atoms with Gasteiger partial charge in [-0.3, -0.25) is 9.69 Å². The van der Waals surface area contributed by atoms with Crippen LogP contribution in [-0.4, -0.2) is 47.4 Å². The fourth-order valence-corrected chi connectivity index (χ4v) is 2.75. The van der Waals surface area contributed by atoms with Crippen LogP contribution < -0.4 is 0 Å². The quantitative estimate of drug-likeness (QED) is 0.689. The van der Waals surface area contributed by atoms with Crippen molar-refractivity contribution in [2.24, 2.45) is 0 Å². The van der Waals surface area contributed by atoms with E-state index in [1.54, 1.807) is 0 Å². The minimum Gasteiger partial charge on any atom is -0.337 e. The second-order valence-electron chi connectivity index (χ2n) is 4.89. The third-order valence-corrected chi connectivity index (χ3v) is 3.98. The number of nitrogens with zero attached hydrogens (tertiary/aromatic N) is 2. The molecule has 3 nitrogen and oxygen atoms in total. The van der Waals surface area contributed by atoms with Gasteiger partial charge in [0.2, 0.25) is 5.91 Å². The number of fused-ring (bicyclic) bond motifs is 1. The normalized spacial score (nSPS) is 30.1. The van der Waals surface area contributed by atoms with Crippen molar-refractivity contribution in [3.63, 3.8) is 0 Å². The fourth-order valence-electron chi connectivity index (χ4n) is 2.75. The Morgan fingerprint density at radius 1 is 1.47 bits per heavy atom. The number of carbonyl (C=O) groups excluding carboxylic acids is 1. The van der Waals surface area contributed by atoms with Gasteiger partial charge < -0.3 is 4.90 Å². The molecule has 0 aromatic heterocycles. The van der Waals surface area contributed by atoms with E-state index >= 15 is 0 Å². The van der Waals surface area contributed by atoms with Gasteiger partial charge in [0.05, 0.1) is 0 Å². The molecule has 2 unspecified atom stereocenters. The molecule has 15 heavy (non-hydrogen) atoms. The SMILES string of the molecule is CCC(C)N1CCN2C(=O)CCCC2C1. The molecule has 0 aliphatic carbocycles. The molecule has 2 rings (SSSR count). The van der Waals surface area contributed by atoms with Crippen LogP contribution in [0, 0.1) is 0 Å². The highest BCUT2D eigenvalue weighted by Crippen LogP contribution is 2.23. The highest BCUT2D eigenvalue weighted by molar-refractivity contribution is 5.77. The van der Waals surface area contributed by atoms with Gasteiger partial charge in [0.1, 0.15) is 0 Å². The highest BCUT2D eigenvalue weighted by Gasteiger charge is 2.33. The first kappa shape index (κ1) is 10.9. The van der Waals surface area contributed by atoms with Crippen molar-refractivity contribution in [2.45, 2.75) is 51.6 Å². The predicted molar refractivity (Wildman–Crippen MR) is 60.7 cm³/mol. The summed E-state index contributed by atoms with van der Waals surface area (Å²) in [4.78, 5) is 16.3.